The van der Waals surface area contributed by atoms with Crippen LogP contribution in [0.5, 0.6) is 0 Å². The van der Waals surface area contributed by atoms with Crippen molar-refractivity contribution in [3.8, 4) is 0 Å². The number of urea groups is 1. The van der Waals surface area contributed by atoms with Crippen molar-refractivity contribution in [2.24, 2.45) is 0 Å². The highest BCUT2D eigenvalue weighted by Gasteiger charge is 2.34. The number of methoxy groups -OCH3 is 1. The molecule has 6 heteroatoms. The van der Waals surface area contributed by atoms with Gasteiger partial charge in [-0.15, -0.1) is 0 Å². The third kappa shape index (κ3) is 4.95. The summed E-state index contributed by atoms with van der Waals surface area (Å²) in [5, 5.41) is 2.86. The van der Waals surface area contributed by atoms with Crippen molar-refractivity contribution in [2.75, 3.05) is 26.7 Å². The van der Waals surface area contributed by atoms with E-state index in [9.17, 15) is 9.59 Å². The summed E-state index contributed by atoms with van der Waals surface area (Å²) in [5.41, 5.74) is 1.87. The predicted octanol–water partition coefficient (Wildman–Crippen LogP) is 2.16. The van der Waals surface area contributed by atoms with Gasteiger partial charge in [0.15, 0.2) is 0 Å². The lowest BCUT2D eigenvalue weighted by molar-refractivity contribution is -0.139. The molecule has 2 rings (SSSR count). The lowest BCUT2D eigenvalue weighted by atomic mass is 10.1. The van der Waals surface area contributed by atoms with E-state index in [0.29, 0.717) is 26.2 Å². The van der Waals surface area contributed by atoms with Crippen molar-refractivity contribution in [3.05, 3.63) is 35.4 Å². The van der Waals surface area contributed by atoms with Gasteiger partial charge in [0.1, 0.15) is 6.04 Å². The monoisotopic (exact) mass is 347 g/mol. The van der Waals surface area contributed by atoms with E-state index in [4.69, 9.17) is 4.74 Å². The smallest absolute Gasteiger partial charge is 0.318 e. The summed E-state index contributed by atoms with van der Waals surface area (Å²) in [5.74, 6) is -0.0204. The highest BCUT2D eigenvalue weighted by atomic mass is 16.5. The van der Waals surface area contributed by atoms with Crippen molar-refractivity contribution in [1.82, 2.24) is 15.1 Å². The van der Waals surface area contributed by atoms with Crippen LogP contribution in [0.25, 0.3) is 0 Å². The molecule has 1 aromatic carbocycles. The Morgan fingerprint density at radius 2 is 1.92 bits per heavy atom. The number of carbonyl (C=O) groups is 2. The molecule has 1 heterocycles. The van der Waals surface area contributed by atoms with Crippen LogP contribution in [0, 0.1) is 6.92 Å². The van der Waals surface area contributed by atoms with Crippen LogP contribution in [-0.4, -0.2) is 60.1 Å². The average Bonchev–Trinajstić information content (AvgIpc) is 2.59. The molecular formula is C19H29N3O3. The summed E-state index contributed by atoms with van der Waals surface area (Å²) in [6.45, 7) is 9.67. The van der Waals surface area contributed by atoms with Crippen molar-refractivity contribution < 1.29 is 14.3 Å². The molecule has 25 heavy (non-hydrogen) atoms. The number of benzene rings is 1. The maximum Gasteiger partial charge on any atom is 0.318 e. The van der Waals surface area contributed by atoms with Crippen LogP contribution in [0.15, 0.2) is 24.3 Å². The summed E-state index contributed by atoms with van der Waals surface area (Å²) >= 11 is 0. The van der Waals surface area contributed by atoms with Gasteiger partial charge in [-0.1, -0.05) is 29.8 Å². The molecule has 0 aliphatic carbocycles. The van der Waals surface area contributed by atoms with Crippen molar-refractivity contribution in [1.29, 1.82) is 0 Å². The fourth-order valence-corrected chi connectivity index (χ4v) is 2.74. The van der Waals surface area contributed by atoms with Gasteiger partial charge in [-0.05, 0) is 33.3 Å². The Kier molecular flexibility index (Phi) is 6.06. The van der Waals surface area contributed by atoms with E-state index >= 15 is 0 Å². The molecule has 0 saturated carbocycles. The molecular weight excluding hydrogens is 318 g/mol. The molecule has 1 aromatic rings. The number of nitrogens with zero attached hydrogens (tertiary/aromatic N) is 2. The van der Waals surface area contributed by atoms with E-state index < -0.39 is 11.6 Å². The predicted molar refractivity (Wildman–Crippen MR) is 97.3 cm³/mol. The Morgan fingerprint density at radius 3 is 2.52 bits per heavy atom. The number of rotatable bonds is 5. The van der Waals surface area contributed by atoms with Crippen molar-refractivity contribution in [2.45, 2.75) is 45.9 Å². The number of ether oxygens (including phenoxy) is 1. The zero-order valence-corrected chi connectivity index (χ0v) is 15.8. The second kappa shape index (κ2) is 7.87. The maximum atomic E-state index is 12.6. The molecule has 1 saturated heterocycles. The topological polar surface area (TPSA) is 61.9 Å². The first-order chi connectivity index (χ1) is 11.7. The van der Waals surface area contributed by atoms with Crippen LogP contribution in [0.2, 0.25) is 0 Å². The van der Waals surface area contributed by atoms with Gasteiger partial charge in [0.05, 0.1) is 5.60 Å². The molecule has 0 bridgehead atoms. The summed E-state index contributed by atoms with van der Waals surface area (Å²) in [6, 6.07) is 7.48. The van der Waals surface area contributed by atoms with E-state index in [-0.39, 0.29) is 11.9 Å². The Hall–Kier alpha value is -2.08. The highest BCUT2D eigenvalue weighted by Crippen LogP contribution is 2.16. The normalized spacial score (nSPS) is 18.4. The van der Waals surface area contributed by atoms with Gasteiger partial charge in [-0.2, -0.15) is 0 Å². The van der Waals surface area contributed by atoms with Crippen LogP contribution in [0.1, 0.15) is 31.9 Å². The minimum Gasteiger partial charge on any atom is -0.377 e. The molecule has 0 spiro atoms. The molecule has 3 amide bonds. The van der Waals surface area contributed by atoms with E-state index in [1.54, 1.807) is 18.9 Å². The molecule has 138 valence electrons. The van der Waals surface area contributed by atoms with Gasteiger partial charge in [-0.3, -0.25) is 4.79 Å². The quantitative estimate of drug-likeness (QED) is 0.888. The van der Waals surface area contributed by atoms with Crippen LogP contribution < -0.4 is 5.32 Å². The van der Waals surface area contributed by atoms with Gasteiger partial charge < -0.3 is 19.9 Å². The van der Waals surface area contributed by atoms with Crippen LogP contribution in [0.3, 0.4) is 0 Å². The third-order valence-electron chi connectivity index (χ3n) is 4.72. The summed E-state index contributed by atoms with van der Waals surface area (Å²) in [7, 11) is 1.61. The molecule has 1 aliphatic rings. The fourth-order valence-electron chi connectivity index (χ4n) is 2.74. The number of carbonyl (C=O) groups excluding carboxylic acids is 2. The SMILES string of the molecule is COC(C)(C)CNC(=O)N1CCN(Cc2ccc(C)cc2)C(=O)[C@@H]1C. The number of hydrogen-bond acceptors (Lipinski definition) is 3. The Bertz CT molecular complexity index is 613. The van der Waals surface area contributed by atoms with Gasteiger partial charge in [0.2, 0.25) is 5.91 Å². The molecule has 6 nitrogen and oxygen atoms in total. The Labute approximate surface area is 150 Å². The lowest BCUT2D eigenvalue weighted by Crippen LogP contribution is -2.60. The minimum absolute atomic E-state index is 0.0204. The number of hydrogen-bond donors (Lipinski definition) is 1. The Morgan fingerprint density at radius 1 is 1.28 bits per heavy atom. The first-order valence-corrected chi connectivity index (χ1v) is 8.67. The zero-order valence-electron chi connectivity index (χ0n) is 15.8. The summed E-state index contributed by atoms with van der Waals surface area (Å²) in [6.07, 6.45) is 0. The second-order valence-electron chi connectivity index (χ2n) is 7.24. The first kappa shape index (κ1) is 19.2. The van der Waals surface area contributed by atoms with Gasteiger partial charge in [0.25, 0.3) is 0 Å². The van der Waals surface area contributed by atoms with E-state index in [2.05, 4.69) is 5.32 Å². The van der Waals surface area contributed by atoms with Gasteiger partial charge >= 0.3 is 6.03 Å². The number of nitrogens with one attached hydrogen (secondary N) is 1. The molecule has 1 aliphatic heterocycles. The zero-order chi connectivity index (χ0) is 18.6. The second-order valence-corrected chi connectivity index (χ2v) is 7.24. The Balaban J connectivity index is 1.94. The molecule has 0 unspecified atom stereocenters. The largest absolute Gasteiger partial charge is 0.377 e. The molecule has 1 atom stereocenters. The first-order valence-electron chi connectivity index (χ1n) is 8.67. The number of piperazine rings is 1. The van der Waals surface area contributed by atoms with E-state index in [1.165, 1.54) is 5.56 Å². The minimum atomic E-state index is -0.468. The van der Waals surface area contributed by atoms with Crippen molar-refractivity contribution in [3.63, 3.8) is 0 Å². The molecule has 1 fully saturated rings. The average molecular weight is 347 g/mol. The van der Waals surface area contributed by atoms with Gasteiger partial charge in [0, 0.05) is 33.3 Å². The molecule has 0 radical (unpaired) electrons. The molecule has 1 N–H and O–H groups in total. The number of aryl methyl sites for hydroxylation is 1. The summed E-state index contributed by atoms with van der Waals surface area (Å²) < 4.78 is 5.31. The fraction of sp³-hybridized carbons (Fsp3) is 0.579. The van der Waals surface area contributed by atoms with Crippen LogP contribution in [-0.2, 0) is 16.1 Å². The van der Waals surface area contributed by atoms with E-state index in [1.807, 2.05) is 49.9 Å². The summed E-state index contributed by atoms with van der Waals surface area (Å²) in [4.78, 5) is 28.5. The van der Waals surface area contributed by atoms with Crippen LogP contribution in [0.4, 0.5) is 4.79 Å². The van der Waals surface area contributed by atoms with Crippen LogP contribution >= 0.6 is 0 Å². The third-order valence-corrected chi connectivity index (χ3v) is 4.72. The highest BCUT2D eigenvalue weighted by molar-refractivity contribution is 5.88. The standard InChI is InChI=1S/C19H29N3O3/c1-14-6-8-16(9-7-14)12-21-10-11-22(15(2)17(21)23)18(24)20-13-19(3,4)25-5/h6-9,15H,10-13H2,1-5H3,(H,20,24)/t15-/m0/s1. The number of amides is 3. The van der Waals surface area contributed by atoms with Gasteiger partial charge in [-0.25, -0.2) is 4.79 Å². The molecule has 0 aromatic heterocycles. The maximum absolute atomic E-state index is 12.6. The van der Waals surface area contributed by atoms with Crippen molar-refractivity contribution >= 4 is 11.9 Å². The van der Waals surface area contributed by atoms with E-state index in [0.717, 1.165) is 5.56 Å². The lowest BCUT2D eigenvalue weighted by Gasteiger charge is -2.39.